The van der Waals surface area contributed by atoms with Crippen molar-refractivity contribution in [3.8, 4) is 6.01 Å². The van der Waals surface area contributed by atoms with Crippen LogP contribution < -0.4 is 10.3 Å². The number of rotatable bonds is 2. The molecule has 1 aliphatic carbocycles. The third kappa shape index (κ3) is 2.36. The minimum absolute atomic E-state index is 0.256. The van der Waals surface area contributed by atoms with Crippen LogP contribution >= 0.6 is 0 Å². The van der Waals surface area contributed by atoms with E-state index in [9.17, 15) is 9.90 Å². The minimum atomic E-state index is -0.816. The lowest BCUT2D eigenvalue weighted by atomic mass is 9.95. The highest BCUT2D eigenvalue weighted by molar-refractivity contribution is 5.83. The van der Waals surface area contributed by atoms with Crippen molar-refractivity contribution in [2.45, 2.75) is 44.4 Å². The van der Waals surface area contributed by atoms with Crippen molar-refractivity contribution >= 4 is 11.0 Å². The zero-order valence-corrected chi connectivity index (χ0v) is 13.6. The second-order valence-electron chi connectivity index (χ2n) is 6.77. The van der Waals surface area contributed by atoms with Gasteiger partial charge < -0.3 is 14.3 Å². The normalized spacial score (nSPS) is 20.1. The van der Waals surface area contributed by atoms with Gasteiger partial charge in [0.05, 0.1) is 6.54 Å². The second-order valence-corrected chi connectivity index (χ2v) is 6.77. The fourth-order valence-corrected chi connectivity index (χ4v) is 3.86. The van der Waals surface area contributed by atoms with Crippen LogP contribution in [0.25, 0.3) is 11.0 Å². The lowest BCUT2D eigenvalue weighted by Crippen LogP contribution is -2.23. The molecule has 0 amide bonds. The summed E-state index contributed by atoms with van der Waals surface area (Å²) in [6, 6.07) is 7.51. The maximum atomic E-state index is 11.3. The van der Waals surface area contributed by atoms with Crippen LogP contribution in [0.5, 0.6) is 6.01 Å². The summed E-state index contributed by atoms with van der Waals surface area (Å²) in [4.78, 5) is 15.2. The molecule has 1 aromatic carbocycles. The number of hydrogen-bond donors (Lipinski definition) is 1. The number of aliphatic hydroxyl groups is 1. The first-order chi connectivity index (χ1) is 12.2. The summed E-state index contributed by atoms with van der Waals surface area (Å²) in [7, 11) is 0. The zero-order valence-electron chi connectivity index (χ0n) is 13.6. The Balaban J connectivity index is 1.46. The molecule has 0 saturated carbocycles. The van der Waals surface area contributed by atoms with Crippen LogP contribution in [0.3, 0.4) is 0 Å². The molecule has 5 rings (SSSR count). The first kappa shape index (κ1) is 14.7. The largest absolute Gasteiger partial charge is 0.461 e. The summed E-state index contributed by atoms with van der Waals surface area (Å²) < 4.78 is 13.4. The standard InChI is InChI=1S/C19H18N2O4/c22-17-7-8-21-10-16(25-19(21)20-17)18(23)11-5-6-13-12-3-1-2-4-14(12)24-15(13)9-11/h5-9,16,18,23H,1-4,10H2/t16-,18?/m0/s1. The molecule has 25 heavy (non-hydrogen) atoms. The highest BCUT2D eigenvalue weighted by atomic mass is 16.5. The topological polar surface area (TPSA) is 77.5 Å². The lowest BCUT2D eigenvalue weighted by Gasteiger charge is -2.17. The third-order valence-electron chi connectivity index (χ3n) is 5.16. The van der Waals surface area contributed by atoms with E-state index < -0.39 is 12.2 Å². The summed E-state index contributed by atoms with van der Waals surface area (Å²) in [5, 5.41) is 11.9. The van der Waals surface area contributed by atoms with Crippen LogP contribution in [0.15, 0.2) is 39.7 Å². The van der Waals surface area contributed by atoms with Gasteiger partial charge in [0.2, 0.25) is 0 Å². The van der Waals surface area contributed by atoms with Crippen molar-refractivity contribution in [1.82, 2.24) is 9.55 Å². The highest BCUT2D eigenvalue weighted by Gasteiger charge is 2.31. The van der Waals surface area contributed by atoms with Gasteiger partial charge >= 0.3 is 0 Å². The molecule has 0 radical (unpaired) electrons. The molecule has 128 valence electrons. The van der Waals surface area contributed by atoms with E-state index in [1.165, 1.54) is 24.5 Å². The van der Waals surface area contributed by atoms with Gasteiger partial charge in [0.25, 0.3) is 11.6 Å². The van der Waals surface area contributed by atoms with E-state index in [-0.39, 0.29) is 11.6 Å². The average Bonchev–Trinajstić information content (AvgIpc) is 3.21. The summed E-state index contributed by atoms with van der Waals surface area (Å²) in [6.07, 6.45) is 4.77. The van der Waals surface area contributed by atoms with E-state index in [4.69, 9.17) is 9.15 Å². The lowest BCUT2D eigenvalue weighted by molar-refractivity contribution is 0.0459. The van der Waals surface area contributed by atoms with E-state index in [0.29, 0.717) is 6.54 Å². The number of furan rings is 1. The van der Waals surface area contributed by atoms with E-state index in [1.807, 2.05) is 18.2 Å². The monoisotopic (exact) mass is 338 g/mol. The Morgan fingerprint density at radius 3 is 3.04 bits per heavy atom. The molecule has 0 bridgehead atoms. The number of fused-ring (bicyclic) bond motifs is 4. The number of aryl methyl sites for hydroxylation is 2. The van der Waals surface area contributed by atoms with Gasteiger partial charge in [0.15, 0.2) is 0 Å². The van der Waals surface area contributed by atoms with Gasteiger partial charge in [-0.15, -0.1) is 0 Å². The van der Waals surface area contributed by atoms with E-state index in [1.54, 1.807) is 10.8 Å². The predicted molar refractivity (Wildman–Crippen MR) is 90.7 cm³/mol. The molecule has 1 aliphatic heterocycles. The van der Waals surface area contributed by atoms with Gasteiger partial charge in [0, 0.05) is 29.6 Å². The number of hydrogen-bond acceptors (Lipinski definition) is 5. The van der Waals surface area contributed by atoms with Crippen molar-refractivity contribution < 1.29 is 14.3 Å². The van der Waals surface area contributed by atoms with Crippen LogP contribution in [0.4, 0.5) is 0 Å². The van der Waals surface area contributed by atoms with Crippen molar-refractivity contribution in [2.24, 2.45) is 0 Å². The van der Waals surface area contributed by atoms with Gasteiger partial charge in [-0.1, -0.05) is 12.1 Å². The van der Waals surface area contributed by atoms with Crippen LogP contribution in [0.1, 0.15) is 35.8 Å². The number of aliphatic hydroxyl groups excluding tert-OH is 1. The van der Waals surface area contributed by atoms with Gasteiger partial charge in [-0.2, -0.15) is 4.98 Å². The van der Waals surface area contributed by atoms with Crippen LogP contribution in [-0.2, 0) is 19.4 Å². The van der Waals surface area contributed by atoms with Gasteiger partial charge in [-0.3, -0.25) is 9.36 Å². The van der Waals surface area contributed by atoms with Gasteiger partial charge in [0.1, 0.15) is 23.6 Å². The molecule has 6 nitrogen and oxygen atoms in total. The maximum Gasteiger partial charge on any atom is 0.300 e. The molecule has 3 heterocycles. The SMILES string of the molecule is O=c1ccn2c(n1)O[C@H](C(O)c1ccc3c4c(oc3c1)CCCC4)C2. The predicted octanol–water partition coefficient (Wildman–Crippen LogP) is 2.36. The van der Waals surface area contributed by atoms with Gasteiger partial charge in [-0.25, -0.2) is 0 Å². The van der Waals surface area contributed by atoms with E-state index >= 15 is 0 Å². The fourth-order valence-electron chi connectivity index (χ4n) is 3.86. The van der Waals surface area contributed by atoms with Gasteiger partial charge in [-0.05, 0) is 30.9 Å². The summed E-state index contributed by atoms with van der Waals surface area (Å²) in [5.41, 5.74) is 2.55. The molecule has 0 fully saturated rings. The van der Waals surface area contributed by atoms with Crippen molar-refractivity contribution in [1.29, 1.82) is 0 Å². The Morgan fingerprint density at radius 2 is 2.12 bits per heavy atom. The molecule has 2 aliphatic rings. The molecule has 2 aromatic heterocycles. The molecule has 1 unspecified atom stereocenters. The van der Waals surface area contributed by atoms with Crippen LogP contribution in [0, 0.1) is 0 Å². The quantitative estimate of drug-likeness (QED) is 0.776. The first-order valence-corrected chi connectivity index (χ1v) is 8.65. The number of benzene rings is 1. The number of ether oxygens (including phenoxy) is 1. The minimum Gasteiger partial charge on any atom is -0.461 e. The smallest absolute Gasteiger partial charge is 0.300 e. The Morgan fingerprint density at radius 1 is 1.24 bits per heavy atom. The molecular formula is C19H18N2O4. The molecule has 2 atom stereocenters. The van der Waals surface area contributed by atoms with Crippen LogP contribution in [-0.4, -0.2) is 20.8 Å². The van der Waals surface area contributed by atoms with Crippen LogP contribution in [0.2, 0.25) is 0 Å². The number of nitrogens with zero attached hydrogens (tertiary/aromatic N) is 2. The Kier molecular flexibility index (Phi) is 3.21. The molecule has 6 heteroatoms. The Labute approximate surface area is 143 Å². The molecule has 3 aromatic rings. The van der Waals surface area contributed by atoms with Crippen molar-refractivity contribution in [2.75, 3.05) is 0 Å². The van der Waals surface area contributed by atoms with E-state index in [2.05, 4.69) is 4.98 Å². The summed E-state index contributed by atoms with van der Waals surface area (Å²) in [5.74, 6) is 1.08. The molecule has 1 N–H and O–H groups in total. The first-order valence-electron chi connectivity index (χ1n) is 8.65. The maximum absolute atomic E-state index is 11.3. The molecule has 0 saturated heterocycles. The highest BCUT2D eigenvalue weighted by Crippen LogP contribution is 2.34. The Bertz CT molecular complexity index is 1020. The summed E-state index contributed by atoms with van der Waals surface area (Å²) >= 11 is 0. The molecular weight excluding hydrogens is 320 g/mol. The fraction of sp³-hybridized carbons (Fsp3) is 0.368. The third-order valence-corrected chi connectivity index (χ3v) is 5.16. The summed E-state index contributed by atoms with van der Waals surface area (Å²) in [6.45, 7) is 0.455. The zero-order chi connectivity index (χ0) is 17.0. The Hall–Kier alpha value is -2.60. The van der Waals surface area contributed by atoms with E-state index in [0.717, 1.165) is 35.1 Å². The second kappa shape index (κ2) is 5.46. The van der Waals surface area contributed by atoms with Crippen molar-refractivity contribution in [3.05, 3.63) is 57.7 Å². The number of aromatic nitrogens is 2. The molecule has 0 spiro atoms. The van der Waals surface area contributed by atoms with Crippen molar-refractivity contribution in [3.63, 3.8) is 0 Å². The average molecular weight is 338 g/mol.